The number of hydrogen-bond donors (Lipinski definition) is 5. The lowest BCUT2D eigenvalue weighted by Gasteiger charge is -2.24. The lowest BCUT2D eigenvalue weighted by molar-refractivity contribution is -0.163. The Bertz CT molecular complexity index is 406. The molecular weight excluding hydrogens is 353 g/mol. The van der Waals surface area contributed by atoms with E-state index in [4.69, 9.17) is 10.2 Å². The van der Waals surface area contributed by atoms with Crippen LogP contribution in [0.3, 0.4) is 0 Å². The van der Waals surface area contributed by atoms with Crippen LogP contribution in [0.2, 0.25) is 0 Å². The van der Waals surface area contributed by atoms with Gasteiger partial charge in [-0.25, -0.2) is 4.79 Å². The third kappa shape index (κ3) is 3.62. The first-order valence-corrected chi connectivity index (χ1v) is 6.13. The maximum Gasteiger partial charge on any atom is 0.335 e. The van der Waals surface area contributed by atoms with E-state index < -0.39 is 30.4 Å². The lowest BCUT2D eigenvalue weighted by atomic mass is 9.97. The van der Waals surface area contributed by atoms with Crippen molar-refractivity contribution in [3.63, 3.8) is 0 Å². The molecule has 100 valence electrons. The van der Waals surface area contributed by atoms with E-state index in [1.807, 2.05) is 0 Å². The van der Waals surface area contributed by atoms with Gasteiger partial charge in [-0.3, -0.25) is 0 Å². The minimum Gasteiger partial charge on any atom is -0.479 e. The van der Waals surface area contributed by atoms with E-state index in [1.165, 1.54) is 12.1 Å². The summed E-state index contributed by atoms with van der Waals surface area (Å²) >= 11 is 2.06. The molecule has 0 aromatic heterocycles. The number of carboxylic acids is 1. The van der Waals surface area contributed by atoms with Gasteiger partial charge in [0.05, 0.1) is 0 Å². The van der Waals surface area contributed by atoms with Crippen LogP contribution < -0.4 is 0 Å². The predicted molar refractivity (Wildman–Crippen MR) is 69.8 cm³/mol. The molecule has 0 aliphatic heterocycles. The van der Waals surface area contributed by atoms with Crippen molar-refractivity contribution in [2.24, 2.45) is 0 Å². The second-order valence-electron chi connectivity index (χ2n) is 3.76. The van der Waals surface area contributed by atoms with Gasteiger partial charge in [0.1, 0.15) is 18.3 Å². The van der Waals surface area contributed by atoms with Crippen molar-refractivity contribution in [1.29, 1.82) is 0 Å². The molecule has 0 aliphatic carbocycles. The fraction of sp³-hybridized carbons (Fsp3) is 0.364. The number of halogens is 1. The van der Waals surface area contributed by atoms with Crippen molar-refractivity contribution in [1.82, 2.24) is 0 Å². The third-order valence-corrected chi connectivity index (χ3v) is 3.18. The van der Waals surface area contributed by atoms with Gasteiger partial charge in [0.15, 0.2) is 6.10 Å². The zero-order valence-corrected chi connectivity index (χ0v) is 11.3. The Morgan fingerprint density at radius 2 is 1.50 bits per heavy atom. The number of aliphatic hydroxyl groups is 4. The molecule has 18 heavy (non-hydrogen) atoms. The summed E-state index contributed by atoms with van der Waals surface area (Å²) in [6.07, 6.45) is -7.41. The van der Waals surface area contributed by atoms with E-state index in [0.717, 1.165) is 3.57 Å². The highest BCUT2D eigenvalue weighted by molar-refractivity contribution is 14.1. The number of carboxylic acid groups (broad SMARTS) is 1. The smallest absolute Gasteiger partial charge is 0.335 e. The quantitative estimate of drug-likeness (QED) is 0.448. The first-order valence-electron chi connectivity index (χ1n) is 5.05. The number of rotatable bonds is 5. The van der Waals surface area contributed by atoms with Crippen LogP contribution >= 0.6 is 22.6 Å². The summed E-state index contributed by atoms with van der Waals surface area (Å²) < 4.78 is 0.921. The lowest BCUT2D eigenvalue weighted by Crippen LogP contribution is -2.44. The van der Waals surface area contributed by atoms with Crippen LogP contribution in [0.15, 0.2) is 24.3 Å². The molecule has 0 saturated heterocycles. The highest BCUT2D eigenvalue weighted by Crippen LogP contribution is 2.21. The van der Waals surface area contributed by atoms with Crippen molar-refractivity contribution >= 4 is 28.6 Å². The molecule has 0 amide bonds. The predicted octanol–water partition coefficient (Wildman–Crippen LogP) is -0.508. The maximum absolute atomic E-state index is 10.4. The molecule has 0 heterocycles. The molecule has 6 nitrogen and oxygen atoms in total. The summed E-state index contributed by atoms with van der Waals surface area (Å²) in [5, 5.41) is 46.3. The minimum atomic E-state index is -2.15. The van der Waals surface area contributed by atoms with Crippen LogP contribution in [0.25, 0.3) is 0 Å². The number of aliphatic carboxylic acids is 1. The van der Waals surface area contributed by atoms with E-state index in [0.29, 0.717) is 5.56 Å². The Morgan fingerprint density at radius 3 is 1.94 bits per heavy atom. The number of benzene rings is 1. The SMILES string of the molecule is O=C(O)C(O)C(O)C(O)C(O)c1ccc([125I])cc1. The van der Waals surface area contributed by atoms with Gasteiger partial charge in [-0.2, -0.15) is 0 Å². The normalized spacial score (nSPS) is 17.8. The third-order valence-electron chi connectivity index (χ3n) is 2.46. The zero-order chi connectivity index (χ0) is 13.9. The van der Waals surface area contributed by atoms with Crippen molar-refractivity contribution < 1.29 is 30.3 Å². The molecular formula is C11H13IO6. The van der Waals surface area contributed by atoms with E-state index in [9.17, 15) is 20.1 Å². The Balaban J connectivity index is 2.80. The second kappa shape index (κ2) is 6.43. The summed E-state index contributed by atoms with van der Waals surface area (Å²) in [7, 11) is 0. The minimum absolute atomic E-state index is 0.319. The molecule has 0 saturated carbocycles. The first kappa shape index (κ1) is 15.3. The van der Waals surface area contributed by atoms with Crippen LogP contribution in [0.4, 0.5) is 0 Å². The van der Waals surface area contributed by atoms with Gasteiger partial charge in [-0.15, -0.1) is 0 Å². The molecule has 0 aliphatic rings. The standard InChI is InChI=1S/C11H13IO6/c12-6-3-1-5(2-4-6)7(13)8(14)9(15)10(16)11(17)18/h1-4,7-10,13-16H,(H,17,18)/i12-2. The topological polar surface area (TPSA) is 118 Å². The molecule has 4 atom stereocenters. The van der Waals surface area contributed by atoms with E-state index in [-0.39, 0.29) is 0 Å². The monoisotopic (exact) mass is 366 g/mol. The summed E-state index contributed by atoms with van der Waals surface area (Å²) in [4.78, 5) is 10.4. The van der Waals surface area contributed by atoms with Gasteiger partial charge >= 0.3 is 5.97 Å². The maximum atomic E-state index is 10.4. The van der Waals surface area contributed by atoms with Crippen LogP contribution in [-0.4, -0.2) is 49.8 Å². The Labute approximate surface area is 117 Å². The van der Waals surface area contributed by atoms with Gasteiger partial charge in [-0.05, 0) is 40.3 Å². The largest absolute Gasteiger partial charge is 0.479 e. The molecule has 0 spiro atoms. The van der Waals surface area contributed by atoms with Gasteiger partial charge in [0.25, 0.3) is 0 Å². The average molecular weight is 366 g/mol. The second-order valence-corrected chi connectivity index (χ2v) is 5.01. The van der Waals surface area contributed by atoms with Gasteiger partial charge < -0.3 is 25.5 Å². The Morgan fingerprint density at radius 1 is 1.00 bits per heavy atom. The average Bonchev–Trinajstić information content (AvgIpc) is 2.36. The number of carbonyl (C=O) groups is 1. The van der Waals surface area contributed by atoms with Crippen LogP contribution in [0.1, 0.15) is 11.7 Å². The van der Waals surface area contributed by atoms with Crippen LogP contribution in [0, 0.1) is 3.57 Å². The van der Waals surface area contributed by atoms with Crippen molar-refractivity contribution in [3.8, 4) is 0 Å². The molecule has 7 heteroatoms. The molecule has 0 bridgehead atoms. The highest BCUT2D eigenvalue weighted by atomic mass is 125. The van der Waals surface area contributed by atoms with Crippen molar-refractivity contribution in [2.75, 3.05) is 0 Å². The molecule has 0 radical (unpaired) electrons. The van der Waals surface area contributed by atoms with Crippen molar-refractivity contribution in [3.05, 3.63) is 33.4 Å². The molecule has 0 fully saturated rings. The summed E-state index contributed by atoms with van der Waals surface area (Å²) in [6.45, 7) is 0. The molecule has 5 N–H and O–H groups in total. The molecule has 4 unspecified atom stereocenters. The van der Waals surface area contributed by atoms with E-state index in [1.54, 1.807) is 12.1 Å². The van der Waals surface area contributed by atoms with Crippen molar-refractivity contribution in [2.45, 2.75) is 24.4 Å². The summed E-state index contributed by atoms with van der Waals surface area (Å²) in [5.74, 6) is -1.67. The number of aliphatic hydroxyl groups excluding tert-OH is 4. The molecule has 1 rings (SSSR count). The fourth-order valence-corrected chi connectivity index (χ4v) is 1.74. The summed E-state index contributed by atoms with van der Waals surface area (Å²) in [6, 6.07) is 6.45. The molecule has 1 aromatic carbocycles. The number of hydrogen-bond acceptors (Lipinski definition) is 5. The van der Waals surface area contributed by atoms with Gasteiger partial charge in [0.2, 0.25) is 0 Å². The zero-order valence-electron chi connectivity index (χ0n) is 9.14. The van der Waals surface area contributed by atoms with Crippen LogP contribution in [0.5, 0.6) is 0 Å². The molecule has 1 aromatic rings. The Hall–Kier alpha value is -0.740. The van der Waals surface area contributed by atoms with E-state index in [2.05, 4.69) is 22.6 Å². The summed E-state index contributed by atoms with van der Waals surface area (Å²) in [5.41, 5.74) is 0.319. The van der Waals surface area contributed by atoms with Gasteiger partial charge in [-0.1, -0.05) is 12.1 Å². The Kier molecular flexibility index (Phi) is 5.47. The first-order chi connectivity index (χ1) is 8.34. The highest BCUT2D eigenvalue weighted by Gasteiger charge is 2.34. The van der Waals surface area contributed by atoms with Gasteiger partial charge in [0, 0.05) is 3.57 Å². The van der Waals surface area contributed by atoms with E-state index >= 15 is 0 Å². The van der Waals surface area contributed by atoms with Crippen LogP contribution in [-0.2, 0) is 4.79 Å². The fourth-order valence-electron chi connectivity index (χ4n) is 1.38.